The van der Waals surface area contributed by atoms with Crippen molar-refractivity contribution in [2.45, 2.75) is 59.6 Å². The average molecular weight is 213 g/mol. The molecular weight excluding hydrogens is 186 g/mol. The minimum atomic E-state index is -0.231. The minimum absolute atomic E-state index is 0.0114. The first kappa shape index (κ1) is 13.0. The molecule has 1 rings (SSSR count). The van der Waals surface area contributed by atoms with Gasteiger partial charge in [0.15, 0.2) is 0 Å². The van der Waals surface area contributed by atoms with E-state index in [0.29, 0.717) is 0 Å². The molecule has 0 aromatic rings. The van der Waals surface area contributed by atoms with Crippen LogP contribution >= 0.6 is 0 Å². The molecule has 2 unspecified atom stereocenters. The van der Waals surface area contributed by atoms with E-state index in [1.54, 1.807) is 0 Å². The molecule has 0 saturated carbocycles. The normalized spacial score (nSPS) is 26.2. The second kappa shape index (κ2) is 4.84. The largest absolute Gasteiger partial charge is 0.393 e. The molecule has 1 N–H and O–H groups in total. The molecule has 1 aliphatic rings. The van der Waals surface area contributed by atoms with Crippen LogP contribution in [-0.4, -0.2) is 35.2 Å². The number of hydrogen-bond acceptors (Lipinski definition) is 2. The number of likely N-dealkylation sites (tertiary alicyclic amines) is 1. The number of hydrogen-bond donors (Lipinski definition) is 1. The van der Waals surface area contributed by atoms with Crippen LogP contribution in [0.15, 0.2) is 0 Å². The summed E-state index contributed by atoms with van der Waals surface area (Å²) < 4.78 is 0. The van der Waals surface area contributed by atoms with Crippen LogP contribution in [0.25, 0.3) is 0 Å². The van der Waals surface area contributed by atoms with Gasteiger partial charge in [-0.1, -0.05) is 27.7 Å². The Hall–Kier alpha value is -0.0800. The summed E-state index contributed by atoms with van der Waals surface area (Å²) >= 11 is 0. The monoisotopic (exact) mass is 213 g/mol. The zero-order chi connectivity index (χ0) is 11.6. The van der Waals surface area contributed by atoms with Crippen LogP contribution in [0.3, 0.4) is 0 Å². The summed E-state index contributed by atoms with van der Waals surface area (Å²) in [6.07, 6.45) is 2.41. The van der Waals surface area contributed by atoms with Gasteiger partial charge in [-0.25, -0.2) is 0 Å². The van der Waals surface area contributed by atoms with Crippen LogP contribution < -0.4 is 0 Å². The summed E-state index contributed by atoms with van der Waals surface area (Å²) in [6.45, 7) is 13.1. The molecule has 0 aliphatic carbocycles. The highest BCUT2D eigenvalue weighted by molar-refractivity contribution is 4.87. The molecule has 2 heteroatoms. The van der Waals surface area contributed by atoms with Gasteiger partial charge in [0.05, 0.1) is 6.10 Å². The number of aliphatic hydroxyl groups excluding tert-OH is 1. The van der Waals surface area contributed by atoms with Gasteiger partial charge in [-0.3, -0.25) is 4.90 Å². The first-order valence-electron chi connectivity index (χ1n) is 6.26. The van der Waals surface area contributed by atoms with Gasteiger partial charge in [-0.2, -0.15) is 0 Å². The molecule has 0 amide bonds. The fourth-order valence-corrected chi connectivity index (χ4v) is 2.46. The molecule has 0 bridgehead atoms. The first-order valence-corrected chi connectivity index (χ1v) is 6.26. The lowest BCUT2D eigenvalue weighted by Gasteiger charge is -2.37. The molecule has 2 atom stereocenters. The van der Waals surface area contributed by atoms with Crippen molar-refractivity contribution in [1.82, 2.24) is 4.90 Å². The number of nitrogens with zero attached hydrogens (tertiary/aromatic N) is 1. The van der Waals surface area contributed by atoms with E-state index in [-0.39, 0.29) is 11.5 Å². The molecule has 1 heterocycles. The molecule has 0 spiro atoms. The minimum Gasteiger partial charge on any atom is -0.393 e. The number of aliphatic hydroxyl groups is 1. The lowest BCUT2D eigenvalue weighted by molar-refractivity contribution is 0.0260. The quantitative estimate of drug-likeness (QED) is 0.775. The van der Waals surface area contributed by atoms with E-state index in [2.05, 4.69) is 32.6 Å². The van der Waals surface area contributed by atoms with Crippen molar-refractivity contribution in [2.75, 3.05) is 13.1 Å². The van der Waals surface area contributed by atoms with Crippen LogP contribution in [0.1, 0.15) is 47.5 Å². The SMILES string of the molecule is CC(C)C1CCCN1CC(C)(C)C(C)O. The van der Waals surface area contributed by atoms with Gasteiger partial charge >= 0.3 is 0 Å². The molecular formula is C13H27NO. The lowest BCUT2D eigenvalue weighted by Crippen LogP contribution is -2.44. The molecule has 0 radical (unpaired) electrons. The fourth-order valence-electron chi connectivity index (χ4n) is 2.46. The summed E-state index contributed by atoms with van der Waals surface area (Å²) in [5, 5.41) is 9.74. The van der Waals surface area contributed by atoms with Crippen LogP contribution in [0.4, 0.5) is 0 Å². The zero-order valence-electron chi connectivity index (χ0n) is 11.0. The second-order valence-corrected chi connectivity index (χ2v) is 6.09. The Balaban J connectivity index is 2.57. The van der Waals surface area contributed by atoms with Gasteiger partial charge in [-0.05, 0) is 32.2 Å². The number of rotatable bonds is 4. The van der Waals surface area contributed by atoms with Gasteiger partial charge in [0, 0.05) is 18.0 Å². The van der Waals surface area contributed by atoms with Crippen molar-refractivity contribution in [3.8, 4) is 0 Å². The summed E-state index contributed by atoms with van der Waals surface area (Å²) in [4.78, 5) is 2.57. The van der Waals surface area contributed by atoms with E-state index in [9.17, 15) is 5.11 Å². The average Bonchev–Trinajstić information content (AvgIpc) is 2.51. The van der Waals surface area contributed by atoms with Crippen LogP contribution in [0.2, 0.25) is 0 Å². The van der Waals surface area contributed by atoms with Crippen molar-refractivity contribution in [3.05, 3.63) is 0 Å². The fraction of sp³-hybridized carbons (Fsp3) is 1.00. The van der Waals surface area contributed by atoms with Crippen molar-refractivity contribution < 1.29 is 5.11 Å². The Morgan fingerprint density at radius 1 is 1.33 bits per heavy atom. The third-order valence-corrected chi connectivity index (χ3v) is 3.93. The lowest BCUT2D eigenvalue weighted by atomic mass is 9.86. The predicted octanol–water partition coefficient (Wildman–Crippen LogP) is 2.51. The summed E-state index contributed by atoms with van der Waals surface area (Å²) in [6, 6.07) is 0.725. The van der Waals surface area contributed by atoms with Gasteiger partial charge in [0.2, 0.25) is 0 Å². The first-order chi connectivity index (χ1) is 6.84. The molecule has 1 aliphatic heterocycles. The van der Waals surface area contributed by atoms with Crippen molar-refractivity contribution >= 4 is 0 Å². The Morgan fingerprint density at radius 3 is 2.40 bits per heavy atom. The van der Waals surface area contributed by atoms with E-state index in [1.807, 2.05) is 6.92 Å². The predicted molar refractivity (Wildman–Crippen MR) is 64.9 cm³/mol. The highest BCUT2D eigenvalue weighted by Crippen LogP contribution is 2.29. The van der Waals surface area contributed by atoms with Gasteiger partial charge < -0.3 is 5.11 Å². The Kier molecular flexibility index (Phi) is 4.19. The topological polar surface area (TPSA) is 23.5 Å². The molecule has 90 valence electrons. The maximum atomic E-state index is 9.74. The molecule has 1 fully saturated rings. The molecule has 15 heavy (non-hydrogen) atoms. The van der Waals surface area contributed by atoms with Crippen LogP contribution in [0.5, 0.6) is 0 Å². The maximum absolute atomic E-state index is 9.74. The van der Waals surface area contributed by atoms with E-state index in [1.165, 1.54) is 19.4 Å². The van der Waals surface area contributed by atoms with E-state index in [0.717, 1.165) is 18.5 Å². The van der Waals surface area contributed by atoms with E-state index in [4.69, 9.17) is 0 Å². The molecule has 1 saturated heterocycles. The Morgan fingerprint density at radius 2 is 1.93 bits per heavy atom. The smallest absolute Gasteiger partial charge is 0.0575 e. The Bertz CT molecular complexity index is 199. The van der Waals surface area contributed by atoms with E-state index >= 15 is 0 Å². The third kappa shape index (κ3) is 3.18. The van der Waals surface area contributed by atoms with Crippen molar-refractivity contribution in [1.29, 1.82) is 0 Å². The highest BCUT2D eigenvalue weighted by atomic mass is 16.3. The van der Waals surface area contributed by atoms with Gasteiger partial charge in [0.1, 0.15) is 0 Å². The maximum Gasteiger partial charge on any atom is 0.0575 e. The summed E-state index contributed by atoms with van der Waals surface area (Å²) in [5.41, 5.74) is 0.0114. The highest BCUT2D eigenvalue weighted by Gasteiger charge is 2.33. The summed E-state index contributed by atoms with van der Waals surface area (Å²) in [5.74, 6) is 0.734. The van der Waals surface area contributed by atoms with Crippen molar-refractivity contribution in [3.63, 3.8) is 0 Å². The summed E-state index contributed by atoms with van der Waals surface area (Å²) in [7, 11) is 0. The molecule has 2 nitrogen and oxygen atoms in total. The standard InChI is InChI=1S/C13H27NO/c1-10(2)12-7-6-8-14(12)9-13(4,5)11(3)15/h10-12,15H,6-9H2,1-5H3. The van der Waals surface area contributed by atoms with Crippen molar-refractivity contribution in [2.24, 2.45) is 11.3 Å². The van der Waals surface area contributed by atoms with Gasteiger partial charge in [0.25, 0.3) is 0 Å². The van der Waals surface area contributed by atoms with Crippen LogP contribution in [-0.2, 0) is 0 Å². The molecule has 0 aromatic carbocycles. The molecule has 0 aromatic heterocycles. The second-order valence-electron chi connectivity index (χ2n) is 6.09. The van der Waals surface area contributed by atoms with E-state index < -0.39 is 0 Å². The van der Waals surface area contributed by atoms with Crippen LogP contribution in [0, 0.1) is 11.3 Å². The zero-order valence-corrected chi connectivity index (χ0v) is 11.0. The third-order valence-electron chi connectivity index (χ3n) is 3.93. The van der Waals surface area contributed by atoms with Gasteiger partial charge in [-0.15, -0.1) is 0 Å². The Labute approximate surface area is 94.7 Å².